The molecule has 0 heterocycles. The van der Waals surface area contributed by atoms with Crippen LogP contribution in [-0.2, 0) is 11.3 Å². The second-order valence-electron chi connectivity index (χ2n) is 5.37. The van der Waals surface area contributed by atoms with E-state index in [9.17, 15) is 4.79 Å². The van der Waals surface area contributed by atoms with Gasteiger partial charge in [-0.05, 0) is 51.6 Å². The van der Waals surface area contributed by atoms with Crippen molar-refractivity contribution < 1.29 is 9.53 Å². The van der Waals surface area contributed by atoms with Gasteiger partial charge in [-0.15, -0.1) is 0 Å². The largest absolute Gasteiger partial charge is 0.484 e. The normalized spacial score (nSPS) is 11.2. The zero-order valence-electron chi connectivity index (χ0n) is 11.8. The number of carbonyl (C=O) groups excluding carboxylic acids is 1. The summed E-state index contributed by atoms with van der Waals surface area (Å²) in [5, 5.41) is 5.94. The Bertz CT molecular complexity index is 442. The molecule has 1 rings (SSSR count). The molecule has 1 amide bonds. The third kappa shape index (κ3) is 6.07. The molecule has 0 saturated carbocycles. The number of ether oxygens (including phenoxy) is 1. The molecule has 0 unspecified atom stereocenters. The van der Waals surface area contributed by atoms with Gasteiger partial charge in [-0.2, -0.15) is 0 Å². The number of carbonyl (C=O) groups is 1. The van der Waals surface area contributed by atoms with Crippen LogP contribution in [0, 0.1) is 0 Å². The Morgan fingerprint density at radius 2 is 2.05 bits per heavy atom. The summed E-state index contributed by atoms with van der Waals surface area (Å²) >= 11 is 3.48. The van der Waals surface area contributed by atoms with E-state index < -0.39 is 0 Å². The highest BCUT2D eigenvalue weighted by atomic mass is 79.9. The van der Waals surface area contributed by atoms with Crippen molar-refractivity contribution in [2.45, 2.75) is 32.9 Å². The molecule has 0 spiro atoms. The van der Waals surface area contributed by atoms with E-state index in [-0.39, 0.29) is 18.1 Å². The molecule has 0 radical (unpaired) electrons. The van der Waals surface area contributed by atoms with Gasteiger partial charge in [-0.3, -0.25) is 4.79 Å². The first-order chi connectivity index (χ1) is 8.81. The fourth-order valence-corrected chi connectivity index (χ4v) is 1.96. The smallest absolute Gasteiger partial charge is 0.258 e. The quantitative estimate of drug-likeness (QED) is 0.872. The summed E-state index contributed by atoms with van der Waals surface area (Å²) in [6, 6.07) is 5.68. The lowest BCUT2D eigenvalue weighted by atomic mass is 10.1. The maximum Gasteiger partial charge on any atom is 0.258 e. The van der Waals surface area contributed by atoms with E-state index in [0.717, 1.165) is 16.6 Å². The molecule has 1 aromatic carbocycles. The lowest BCUT2D eigenvalue weighted by molar-refractivity contribution is -0.124. The fourth-order valence-electron chi connectivity index (χ4n) is 1.57. The first-order valence-corrected chi connectivity index (χ1v) is 6.98. The Labute approximate surface area is 123 Å². The highest BCUT2D eigenvalue weighted by molar-refractivity contribution is 9.10. The average molecular weight is 329 g/mol. The van der Waals surface area contributed by atoms with Crippen molar-refractivity contribution in [2.24, 2.45) is 0 Å². The molecule has 0 aromatic heterocycles. The zero-order chi connectivity index (χ0) is 14.5. The Balaban J connectivity index is 2.58. The minimum Gasteiger partial charge on any atom is -0.484 e. The minimum atomic E-state index is -0.239. The maximum atomic E-state index is 11.7. The maximum absolute atomic E-state index is 11.7. The molecule has 0 atom stereocenters. The molecule has 0 aliphatic heterocycles. The molecule has 1 aromatic rings. The molecule has 5 heteroatoms. The van der Waals surface area contributed by atoms with Gasteiger partial charge in [0.1, 0.15) is 5.75 Å². The van der Waals surface area contributed by atoms with Crippen molar-refractivity contribution in [3.63, 3.8) is 0 Å². The van der Waals surface area contributed by atoms with Crippen molar-refractivity contribution in [1.29, 1.82) is 0 Å². The molecule has 2 N–H and O–H groups in total. The van der Waals surface area contributed by atoms with Crippen LogP contribution in [0.5, 0.6) is 5.75 Å². The molecular formula is C14H21BrN2O2. The van der Waals surface area contributed by atoms with E-state index in [1.807, 2.05) is 46.0 Å². The molecular weight excluding hydrogens is 308 g/mol. The second-order valence-corrected chi connectivity index (χ2v) is 6.22. The van der Waals surface area contributed by atoms with Crippen molar-refractivity contribution >= 4 is 21.8 Å². The monoisotopic (exact) mass is 328 g/mol. The van der Waals surface area contributed by atoms with Gasteiger partial charge in [0.05, 0.1) is 0 Å². The van der Waals surface area contributed by atoms with Gasteiger partial charge < -0.3 is 15.4 Å². The summed E-state index contributed by atoms with van der Waals surface area (Å²) in [4.78, 5) is 11.7. The predicted octanol–water partition coefficient (Wildman–Crippen LogP) is 2.46. The third-order valence-corrected chi connectivity index (χ3v) is 3.04. The van der Waals surface area contributed by atoms with E-state index in [0.29, 0.717) is 5.75 Å². The van der Waals surface area contributed by atoms with Crippen LogP contribution in [0.1, 0.15) is 26.3 Å². The van der Waals surface area contributed by atoms with Crippen LogP contribution in [-0.4, -0.2) is 25.1 Å². The van der Waals surface area contributed by atoms with Crippen LogP contribution in [0.2, 0.25) is 0 Å². The summed E-state index contributed by atoms with van der Waals surface area (Å²) in [6.45, 7) is 6.59. The molecule has 0 aliphatic rings. The van der Waals surface area contributed by atoms with Crippen LogP contribution < -0.4 is 15.4 Å². The number of amides is 1. The number of hydrogen-bond acceptors (Lipinski definition) is 3. The molecule has 106 valence electrons. The van der Waals surface area contributed by atoms with Gasteiger partial charge in [0.25, 0.3) is 5.91 Å². The summed E-state index contributed by atoms with van der Waals surface area (Å²) in [5.74, 6) is 0.572. The van der Waals surface area contributed by atoms with Crippen LogP contribution in [0.15, 0.2) is 22.7 Å². The van der Waals surface area contributed by atoms with Crippen LogP contribution in [0.3, 0.4) is 0 Å². The van der Waals surface area contributed by atoms with Gasteiger partial charge in [-0.1, -0.05) is 15.9 Å². The van der Waals surface area contributed by atoms with E-state index in [4.69, 9.17) is 4.74 Å². The number of benzene rings is 1. The topological polar surface area (TPSA) is 50.4 Å². The Morgan fingerprint density at radius 3 is 2.63 bits per heavy atom. The van der Waals surface area contributed by atoms with E-state index in [2.05, 4.69) is 26.6 Å². The molecule has 19 heavy (non-hydrogen) atoms. The SMILES string of the molecule is CNCc1cc(OCC(=O)NC(C)(C)C)ccc1Br. The zero-order valence-corrected chi connectivity index (χ0v) is 13.4. The molecule has 0 saturated heterocycles. The van der Waals surface area contributed by atoms with Crippen molar-refractivity contribution in [2.75, 3.05) is 13.7 Å². The standard InChI is InChI=1S/C14H21BrN2O2/c1-14(2,3)17-13(18)9-19-11-5-6-12(15)10(7-11)8-16-4/h5-7,16H,8-9H2,1-4H3,(H,17,18). The Morgan fingerprint density at radius 1 is 1.37 bits per heavy atom. The Kier molecular flexibility index (Phi) is 5.82. The molecule has 0 fully saturated rings. The van der Waals surface area contributed by atoms with E-state index in [1.54, 1.807) is 0 Å². The first kappa shape index (κ1) is 16.0. The predicted molar refractivity (Wildman–Crippen MR) is 80.3 cm³/mol. The lowest BCUT2D eigenvalue weighted by Crippen LogP contribution is -2.43. The fraction of sp³-hybridized carbons (Fsp3) is 0.500. The molecule has 0 aliphatic carbocycles. The summed E-state index contributed by atoms with van der Waals surface area (Å²) in [5.41, 5.74) is 0.855. The number of rotatable bonds is 5. The van der Waals surface area contributed by atoms with Gasteiger partial charge in [0.15, 0.2) is 6.61 Å². The lowest BCUT2D eigenvalue weighted by Gasteiger charge is -2.20. The van der Waals surface area contributed by atoms with Gasteiger partial charge >= 0.3 is 0 Å². The summed E-state index contributed by atoms with van der Waals surface area (Å²) < 4.78 is 6.52. The summed E-state index contributed by atoms with van der Waals surface area (Å²) in [7, 11) is 1.89. The van der Waals surface area contributed by atoms with Crippen molar-refractivity contribution in [3.8, 4) is 5.75 Å². The minimum absolute atomic E-state index is 0.0257. The Hall–Kier alpha value is -1.07. The number of halogens is 1. The van der Waals surface area contributed by atoms with Crippen LogP contribution in [0.4, 0.5) is 0 Å². The second kappa shape index (κ2) is 6.91. The van der Waals surface area contributed by atoms with Gasteiger partial charge in [0.2, 0.25) is 0 Å². The van der Waals surface area contributed by atoms with Crippen LogP contribution >= 0.6 is 15.9 Å². The molecule has 4 nitrogen and oxygen atoms in total. The average Bonchev–Trinajstić information content (AvgIpc) is 2.28. The highest BCUT2D eigenvalue weighted by Gasteiger charge is 2.14. The van der Waals surface area contributed by atoms with Gasteiger partial charge in [0, 0.05) is 16.6 Å². The highest BCUT2D eigenvalue weighted by Crippen LogP contribution is 2.22. The number of hydrogen-bond donors (Lipinski definition) is 2. The van der Waals surface area contributed by atoms with E-state index >= 15 is 0 Å². The summed E-state index contributed by atoms with van der Waals surface area (Å²) in [6.07, 6.45) is 0. The van der Waals surface area contributed by atoms with Crippen molar-refractivity contribution in [3.05, 3.63) is 28.2 Å². The van der Waals surface area contributed by atoms with Gasteiger partial charge in [-0.25, -0.2) is 0 Å². The van der Waals surface area contributed by atoms with Crippen LogP contribution in [0.25, 0.3) is 0 Å². The number of nitrogens with one attached hydrogen (secondary N) is 2. The molecule has 0 bridgehead atoms. The third-order valence-electron chi connectivity index (χ3n) is 2.27. The van der Waals surface area contributed by atoms with E-state index in [1.165, 1.54) is 0 Å². The van der Waals surface area contributed by atoms with Crippen molar-refractivity contribution in [1.82, 2.24) is 10.6 Å². The first-order valence-electron chi connectivity index (χ1n) is 6.18.